The highest BCUT2D eigenvalue weighted by atomic mass is 16.5. The van der Waals surface area contributed by atoms with Crippen molar-refractivity contribution < 1.29 is 19.1 Å². The summed E-state index contributed by atoms with van der Waals surface area (Å²) in [5, 5.41) is 5.36. The average molecular weight is 384 g/mol. The first kappa shape index (κ1) is 21.3. The molecule has 2 aromatic carbocycles. The molecule has 150 valence electrons. The zero-order chi connectivity index (χ0) is 20.7. The summed E-state index contributed by atoms with van der Waals surface area (Å²) in [5.41, 5.74) is 3.18. The van der Waals surface area contributed by atoms with Gasteiger partial charge in [-0.3, -0.25) is 0 Å². The summed E-state index contributed by atoms with van der Waals surface area (Å²) in [4.78, 5) is 23.7. The van der Waals surface area contributed by atoms with E-state index in [1.54, 1.807) is 31.2 Å². The van der Waals surface area contributed by atoms with Crippen molar-refractivity contribution in [3.8, 4) is 5.75 Å². The van der Waals surface area contributed by atoms with Crippen molar-refractivity contribution in [2.24, 2.45) is 0 Å². The van der Waals surface area contributed by atoms with Gasteiger partial charge in [-0.2, -0.15) is 0 Å². The highest BCUT2D eigenvalue weighted by Gasteiger charge is 2.19. The lowest BCUT2D eigenvalue weighted by atomic mass is 9.85. The van der Waals surface area contributed by atoms with E-state index < -0.39 is 6.03 Å². The van der Waals surface area contributed by atoms with E-state index in [4.69, 9.17) is 9.47 Å². The van der Waals surface area contributed by atoms with Gasteiger partial charge in [-0.1, -0.05) is 38.5 Å². The van der Waals surface area contributed by atoms with Crippen molar-refractivity contribution in [1.82, 2.24) is 5.32 Å². The van der Waals surface area contributed by atoms with Gasteiger partial charge in [-0.25, -0.2) is 9.59 Å². The molecule has 2 aromatic rings. The molecule has 0 saturated heterocycles. The monoisotopic (exact) mass is 384 g/mol. The van der Waals surface area contributed by atoms with Crippen LogP contribution in [0, 0.1) is 6.92 Å². The fraction of sp³-hybridized carbons (Fsp3) is 0.364. The summed E-state index contributed by atoms with van der Waals surface area (Å²) in [7, 11) is 0. The molecule has 0 radical (unpaired) electrons. The average Bonchev–Trinajstić information content (AvgIpc) is 2.63. The fourth-order valence-electron chi connectivity index (χ4n) is 2.61. The van der Waals surface area contributed by atoms with Crippen LogP contribution < -0.4 is 15.4 Å². The SMILES string of the molecule is CCOC(=O)c1ccc(NC(=O)NCOc2ccc(C)cc2C(C)(C)C)cc1. The number of anilines is 1. The maximum atomic E-state index is 12.1. The lowest BCUT2D eigenvalue weighted by Crippen LogP contribution is -2.32. The number of urea groups is 1. The first-order valence-electron chi connectivity index (χ1n) is 9.26. The molecule has 0 bridgehead atoms. The van der Waals surface area contributed by atoms with E-state index in [0.29, 0.717) is 17.9 Å². The van der Waals surface area contributed by atoms with Gasteiger partial charge in [-0.05, 0) is 55.2 Å². The second kappa shape index (κ2) is 9.26. The predicted octanol–water partition coefficient (Wildman–Crippen LogP) is 4.63. The van der Waals surface area contributed by atoms with E-state index in [1.165, 1.54) is 0 Å². The van der Waals surface area contributed by atoms with Crippen LogP contribution in [0.4, 0.5) is 10.5 Å². The van der Waals surface area contributed by atoms with E-state index in [9.17, 15) is 9.59 Å². The predicted molar refractivity (Wildman–Crippen MR) is 110 cm³/mol. The molecule has 0 aliphatic rings. The molecule has 0 saturated carbocycles. The molecule has 0 fully saturated rings. The Bertz CT molecular complexity index is 823. The Balaban J connectivity index is 1.89. The molecule has 2 rings (SSSR count). The van der Waals surface area contributed by atoms with Gasteiger partial charge in [0.2, 0.25) is 0 Å². The summed E-state index contributed by atoms with van der Waals surface area (Å²) in [6, 6.07) is 12.1. The normalized spacial score (nSPS) is 10.9. The molecular weight excluding hydrogens is 356 g/mol. The molecule has 0 aliphatic heterocycles. The minimum atomic E-state index is -0.395. The van der Waals surface area contributed by atoms with Gasteiger partial charge in [0.05, 0.1) is 12.2 Å². The van der Waals surface area contributed by atoms with Gasteiger partial charge in [0.15, 0.2) is 6.73 Å². The standard InChI is InChI=1S/C22H28N2O4/c1-6-27-20(25)16-8-10-17(11-9-16)24-21(26)23-14-28-19-12-7-15(2)13-18(19)22(3,4)5/h7-13H,6,14H2,1-5H3,(H2,23,24,26). The zero-order valence-corrected chi connectivity index (χ0v) is 17.1. The number of aryl methyl sites for hydroxylation is 1. The molecule has 28 heavy (non-hydrogen) atoms. The number of rotatable bonds is 6. The van der Waals surface area contributed by atoms with Crippen LogP contribution in [0.15, 0.2) is 42.5 Å². The van der Waals surface area contributed by atoms with Gasteiger partial charge in [-0.15, -0.1) is 0 Å². The van der Waals surface area contributed by atoms with Crippen molar-refractivity contribution in [2.45, 2.75) is 40.0 Å². The van der Waals surface area contributed by atoms with Crippen molar-refractivity contribution in [1.29, 1.82) is 0 Å². The van der Waals surface area contributed by atoms with Crippen LogP contribution >= 0.6 is 0 Å². The molecule has 6 nitrogen and oxygen atoms in total. The van der Waals surface area contributed by atoms with Gasteiger partial charge >= 0.3 is 12.0 Å². The van der Waals surface area contributed by atoms with E-state index in [2.05, 4.69) is 37.5 Å². The highest BCUT2D eigenvalue weighted by molar-refractivity contribution is 5.92. The number of esters is 1. The quantitative estimate of drug-likeness (QED) is 0.562. The van der Waals surface area contributed by atoms with Crippen LogP contribution in [0.2, 0.25) is 0 Å². The largest absolute Gasteiger partial charge is 0.473 e. The molecule has 2 amide bonds. The Kier molecular flexibility index (Phi) is 7.04. The van der Waals surface area contributed by atoms with Crippen LogP contribution in [0.5, 0.6) is 5.75 Å². The van der Waals surface area contributed by atoms with Crippen LogP contribution in [0.1, 0.15) is 49.2 Å². The number of benzene rings is 2. The third kappa shape index (κ3) is 6.01. The maximum absolute atomic E-state index is 12.1. The summed E-state index contributed by atoms with van der Waals surface area (Å²) < 4.78 is 10.7. The Morgan fingerprint density at radius 3 is 2.32 bits per heavy atom. The number of amides is 2. The Hall–Kier alpha value is -3.02. The molecule has 2 N–H and O–H groups in total. The molecule has 0 aliphatic carbocycles. The summed E-state index contributed by atoms with van der Waals surface area (Å²) >= 11 is 0. The second-order valence-electron chi connectivity index (χ2n) is 7.47. The van der Waals surface area contributed by atoms with Gasteiger partial charge in [0, 0.05) is 5.69 Å². The number of hydrogen-bond acceptors (Lipinski definition) is 4. The first-order chi connectivity index (χ1) is 13.2. The summed E-state index contributed by atoms with van der Waals surface area (Å²) in [6.45, 7) is 10.5. The number of carbonyl (C=O) groups is 2. The van der Waals surface area contributed by atoms with Crippen molar-refractivity contribution in [2.75, 3.05) is 18.7 Å². The summed E-state index contributed by atoms with van der Waals surface area (Å²) in [5.74, 6) is 0.358. The maximum Gasteiger partial charge on any atom is 0.338 e. The smallest absolute Gasteiger partial charge is 0.338 e. The molecule has 0 atom stereocenters. The Morgan fingerprint density at radius 1 is 1.04 bits per heavy atom. The van der Waals surface area contributed by atoms with Crippen molar-refractivity contribution in [3.63, 3.8) is 0 Å². The molecule has 0 heterocycles. The highest BCUT2D eigenvalue weighted by Crippen LogP contribution is 2.31. The Labute approximate surface area is 166 Å². The van der Waals surface area contributed by atoms with Crippen molar-refractivity contribution in [3.05, 3.63) is 59.2 Å². The minimum absolute atomic E-state index is 0.0406. The Morgan fingerprint density at radius 2 is 1.71 bits per heavy atom. The van der Waals surface area contributed by atoms with Gasteiger partial charge < -0.3 is 20.1 Å². The van der Waals surface area contributed by atoms with E-state index >= 15 is 0 Å². The lowest BCUT2D eigenvalue weighted by Gasteiger charge is -2.23. The molecule has 0 aromatic heterocycles. The van der Waals surface area contributed by atoms with Crippen LogP contribution in [0.3, 0.4) is 0 Å². The van der Waals surface area contributed by atoms with Crippen LogP contribution in [-0.4, -0.2) is 25.3 Å². The van der Waals surface area contributed by atoms with Gasteiger partial charge in [0.25, 0.3) is 0 Å². The molecule has 6 heteroatoms. The number of ether oxygens (including phenoxy) is 2. The molecule has 0 spiro atoms. The lowest BCUT2D eigenvalue weighted by molar-refractivity contribution is 0.0526. The zero-order valence-electron chi connectivity index (χ0n) is 17.1. The minimum Gasteiger partial charge on any atom is -0.473 e. The fourth-order valence-corrected chi connectivity index (χ4v) is 2.61. The molecular formula is C22H28N2O4. The summed E-state index contributed by atoms with van der Waals surface area (Å²) in [6.07, 6.45) is 0. The van der Waals surface area contributed by atoms with Crippen molar-refractivity contribution >= 4 is 17.7 Å². The number of carbonyl (C=O) groups excluding carboxylic acids is 2. The third-order valence-electron chi connectivity index (χ3n) is 4.06. The van der Waals surface area contributed by atoms with Gasteiger partial charge in [0.1, 0.15) is 5.75 Å². The third-order valence-corrected chi connectivity index (χ3v) is 4.06. The first-order valence-corrected chi connectivity index (χ1v) is 9.26. The van der Waals surface area contributed by atoms with Crippen LogP contribution in [-0.2, 0) is 10.2 Å². The van der Waals surface area contributed by atoms with E-state index in [0.717, 1.165) is 16.9 Å². The number of nitrogens with one attached hydrogen (secondary N) is 2. The number of hydrogen-bond donors (Lipinski definition) is 2. The van der Waals surface area contributed by atoms with E-state index in [1.807, 2.05) is 19.1 Å². The van der Waals surface area contributed by atoms with Crippen LogP contribution in [0.25, 0.3) is 0 Å². The topological polar surface area (TPSA) is 76.7 Å². The van der Waals surface area contributed by atoms with E-state index in [-0.39, 0.29) is 18.1 Å². The molecule has 0 unspecified atom stereocenters. The second-order valence-corrected chi connectivity index (χ2v) is 7.47.